The molecule has 136 valence electrons. The molecule has 2 rings (SSSR count). The number of hydrogen-bond acceptors (Lipinski definition) is 3. The van der Waals surface area contributed by atoms with Crippen LogP contribution in [-0.2, 0) is 6.42 Å². The highest BCUT2D eigenvalue weighted by Gasteiger charge is 2.16. The number of nitrogens with zero attached hydrogens (tertiary/aromatic N) is 1. The van der Waals surface area contributed by atoms with Crippen molar-refractivity contribution in [3.8, 4) is 5.75 Å². The molecular weight excluding hydrogens is 350 g/mol. The summed E-state index contributed by atoms with van der Waals surface area (Å²) in [6.45, 7) is -1.70. The molecule has 2 aromatic rings. The summed E-state index contributed by atoms with van der Waals surface area (Å²) in [6, 6.07) is 15.6. The van der Waals surface area contributed by atoms with Gasteiger partial charge in [-0.1, -0.05) is 36.4 Å². The maximum Gasteiger partial charge on any atom is 0.387 e. The van der Waals surface area contributed by atoms with Crippen LogP contribution in [0.3, 0.4) is 0 Å². The fraction of sp³-hybridized carbons (Fsp3) is 0.278. The summed E-state index contributed by atoms with van der Waals surface area (Å²) in [5.41, 5.74) is 7.01. The average Bonchev–Trinajstić information content (AvgIpc) is 2.58. The Kier molecular flexibility index (Phi) is 8.88. The molecule has 0 fully saturated rings. The predicted octanol–water partition coefficient (Wildman–Crippen LogP) is 3.35. The van der Waals surface area contributed by atoms with E-state index in [-0.39, 0.29) is 24.1 Å². The van der Waals surface area contributed by atoms with Crippen LogP contribution >= 0.6 is 12.4 Å². The Morgan fingerprint density at radius 2 is 1.80 bits per heavy atom. The first-order valence-electron chi connectivity index (χ1n) is 7.68. The van der Waals surface area contributed by atoms with Gasteiger partial charge in [-0.15, -0.1) is 12.4 Å². The van der Waals surface area contributed by atoms with Gasteiger partial charge < -0.3 is 15.4 Å². The smallest absolute Gasteiger partial charge is 0.387 e. The second-order valence-electron chi connectivity index (χ2n) is 5.22. The first-order chi connectivity index (χ1) is 11.6. The summed E-state index contributed by atoms with van der Waals surface area (Å²) in [7, 11) is 0. The molecule has 7 heteroatoms. The standard InChI is InChI=1S/C18H20F2N2O2.ClH/c19-18(20)24-16-8-4-7-15(13-16)17(23)22(12-10-21)11-9-14-5-2-1-3-6-14;/h1-8,13,18H,9-12,21H2;1H. The van der Waals surface area contributed by atoms with Crippen molar-refractivity contribution >= 4 is 18.3 Å². The molecule has 0 unspecified atom stereocenters. The molecule has 1 amide bonds. The summed E-state index contributed by atoms with van der Waals surface area (Å²) in [5, 5.41) is 0. The van der Waals surface area contributed by atoms with E-state index in [1.807, 2.05) is 30.3 Å². The van der Waals surface area contributed by atoms with Crippen LogP contribution in [0.25, 0.3) is 0 Å². The van der Waals surface area contributed by atoms with Crippen LogP contribution in [0.4, 0.5) is 8.78 Å². The summed E-state index contributed by atoms with van der Waals surface area (Å²) in [4.78, 5) is 14.2. The Bertz CT molecular complexity index is 657. The van der Waals surface area contributed by atoms with Crippen molar-refractivity contribution in [3.05, 3.63) is 65.7 Å². The number of benzene rings is 2. The van der Waals surface area contributed by atoms with Crippen LogP contribution in [0.15, 0.2) is 54.6 Å². The van der Waals surface area contributed by atoms with E-state index < -0.39 is 6.61 Å². The minimum absolute atomic E-state index is 0. The van der Waals surface area contributed by atoms with Gasteiger partial charge in [0.25, 0.3) is 5.91 Å². The summed E-state index contributed by atoms with van der Waals surface area (Å²) in [5.74, 6) is -0.289. The van der Waals surface area contributed by atoms with E-state index in [1.54, 1.807) is 11.0 Å². The lowest BCUT2D eigenvalue weighted by Crippen LogP contribution is -2.37. The molecule has 2 aromatic carbocycles. The number of ether oxygens (including phenoxy) is 1. The number of carbonyl (C=O) groups excluding carboxylic acids is 1. The van der Waals surface area contributed by atoms with Crippen LogP contribution in [0.1, 0.15) is 15.9 Å². The Morgan fingerprint density at radius 1 is 1.08 bits per heavy atom. The molecule has 0 aliphatic rings. The highest BCUT2D eigenvalue weighted by Crippen LogP contribution is 2.17. The number of nitrogens with two attached hydrogens (primary N) is 1. The average molecular weight is 371 g/mol. The van der Waals surface area contributed by atoms with Crippen molar-refractivity contribution in [2.45, 2.75) is 13.0 Å². The van der Waals surface area contributed by atoms with Gasteiger partial charge in [0.2, 0.25) is 0 Å². The molecule has 0 bridgehead atoms. The summed E-state index contributed by atoms with van der Waals surface area (Å²) >= 11 is 0. The maximum atomic E-state index is 12.6. The van der Waals surface area contributed by atoms with Gasteiger partial charge in [0.05, 0.1) is 0 Å². The van der Waals surface area contributed by atoms with Gasteiger partial charge in [0.15, 0.2) is 0 Å². The summed E-state index contributed by atoms with van der Waals surface area (Å²) in [6.07, 6.45) is 0.694. The van der Waals surface area contributed by atoms with Gasteiger partial charge in [-0.05, 0) is 30.2 Å². The SMILES string of the molecule is Cl.NCCN(CCc1ccccc1)C(=O)c1cccc(OC(F)F)c1. The highest BCUT2D eigenvalue weighted by molar-refractivity contribution is 5.94. The Labute approximate surface area is 152 Å². The van der Waals surface area contributed by atoms with E-state index in [2.05, 4.69) is 4.74 Å². The fourth-order valence-corrected chi connectivity index (χ4v) is 2.37. The van der Waals surface area contributed by atoms with Gasteiger partial charge >= 0.3 is 6.61 Å². The number of rotatable bonds is 8. The van der Waals surface area contributed by atoms with E-state index in [0.717, 1.165) is 5.56 Å². The number of carbonyl (C=O) groups is 1. The van der Waals surface area contributed by atoms with Gasteiger partial charge in [-0.2, -0.15) is 8.78 Å². The first-order valence-corrected chi connectivity index (χ1v) is 7.68. The molecule has 0 heterocycles. The fourth-order valence-electron chi connectivity index (χ4n) is 2.37. The quantitative estimate of drug-likeness (QED) is 0.775. The van der Waals surface area contributed by atoms with Crippen LogP contribution in [0, 0.1) is 0 Å². The summed E-state index contributed by atoms with van der Waals surface area (Å²) < 4.78 is 29.0. The molecule has 0 atom stereocenters. The lowest BCUT2D eigenvalue weighted by atomic mass is 10.1. The maximum absolute atomic E-state index is 12.6. The van der Waals surface area contributed by atoms with Crippen LogP contribution in [0.2, 0.25) is 0 Å². The molecule has 0 aromatic heterocycles. The van der Waals surface area contributed by atoms with Crippen molar-refractivity contribution in [1.29, 1.82) is 0 Å². The molecule has 25 heavy (non-hydrogen) atoms. The Balaban J connectivity index is 0.00000312. The molecule has 0 aliphatic carbocycles. The molecule has 0 radical (unpaired) electrons. The minimum atomic E-state index is -2.92. The molecule has 0 saturated carbocycles. The van der Waals surface area contributed by atoms with E-state index in [0.29, 0.717) is 31.6 Å². The first kappa shape index (κ1) is 20.9. The van der Waals surface area contributed by atoms with Gasteiger partial charge in [0.1, 0.15) is 5.75 Å². The third kappa shape index (κ3) is 6.68. The minimum Gasteiger partial charge on any atom is -0.435 e. The lowest BCUT2D eigenvalue weighted by molar-refractivity contribution is -0.0499. The third-order valence-corrected chi connectivity index (χ3v) is 3.51. The zero-order valence-corrected chi connectivity index (χ0v) is 14.4. The molecule has 0 spiro atoms. The zero-order chi connectivity index (χ0) is 17.4. The van der Waals surface area contributed by atoms with Crippen LogP contribution < -0.4 is 10.5 Å². The molecule has 2 N–H and O–H groups in total. The highest BCUT2D eigenvalue weighted by atomic mass is 35.5. The van der Waals surface area contributed by atoms with E-state index in [1.165, 1.54) is 18.2 Å². The van der Waals surface area contributed by atoms with Crippen LogP contribution in [0.5, 0.6) is 5.75 Å². The Hall–Kier alpha value is -2.18. The molecule has 4 nitrogen and oxygen atoms in total. The van der Waals surface area contributed by atoms with Gasteiger partial charge in [-0.25, -0.2) is 0 Å². The topological polar surface area (TPSA) is 55.6 Å². The van der Waals surface area contributed by atoms with Crippen LogP contribution in [-0.4, -0.2) is 37.1 Å². The number of alkyl halides is 2. The van der Waals surface area contributed by atoms with E-state index >= 15 is 0 Å². The van der Waals surface area contributed by atoms with Gasteiger partial charge in [0, 0.05) is 25.2 Å². The van der Waals surface area contributed by atoms with E-state index in [9.17, 15) is 13.6 Å². The monoisotopic (exact) mass is 370 g/mol. The van der Waals surface area contributed by atoms with Crippen molar-refractivity contribution in [3.63, 3.8) is 0 Å². The predicted molar refractivity (Wildman–Crippen MR) is 95.4 cm³/mol. The molecule has 0 saturated heterocycles. The second-order valence-corrected chi connectivity index (χ2v) is 5.22. The number of amides is 1. The third-order valence-electron chi connectivity index (χ3n) is 3.51. The van der Waals surface area contributed by atoms with Crippen molar-refractivity contribution in [1.82, 2.24) is 4.90 Å². The zero-order valence-electron chi connectivity index (χ0n) is 13.6. The molecule has 0 aliphatic heterocycles. The van der Waals surface area contributed by atoms with Crippen molar-refractivity contribution in [2.75, 3.05) is 19.6 Å². The lowest BCUT2D eigenvalue weighted by Gasteiger charge is -2.22. The van der Waals surface area contributed by atoms with Crippen molar-refractivity contribution in [2.24, 2.45) is 5.73 Å². The number of halogens is 3. The number of hydrogen-bond donors (Lipinski definition) is 1. The van der Waals surface area contributed by atoms with Gasteiger partial charge in [-0.3, -0.25) is 4.79 Å². The largest absolute Gasteiger partial charge is 0.435 e. The van der Waals surface area contributed by atoms with E-state index in [4.69, 9.17) is 5.73 Å². The second kappa shape index (κ2) is 10.6. The normalized spacial score (nSPS) is 10.2. The molecular formula is C18H21ClF2N2O2. The Morgan fingerprint density at radius 3 is 2.44 bits per heavy atom. The van der Waals surface area contributed by atoms with Crippen molar-refractivity contribution < 1.29 is 18.3 Å².